The number of nitrogens with one attached hydrogen (secondary N) is 2. The van der Waals surface area contributed by atoms with Crippen molar-refractivity contribution in [2.24, 2.45) is 0 Å². The fourth-order valence-corrected chi connectivity index (χ4v) is 4.14. The van der Waals surface area contributed by atoms with Gasteiger partial charge in [-0.15, -0.1) is 0 Å². The number of aryl methyl sites for hydroxylation is 1. The molecule has 2 aromatic rings. The van der Waals surface area contributed by atoms with Crippen LogP contribution in [0.2, 0.25) is 0 Å². The summed E-state index contributed by atoms with van der Waals surface area (Å²) in [6.45, 7) is 0.457. The Morgan fingerprint density at radius 2 is 1.63 bits per heavy atom. The molecule has 0 unspecified atom stereocenters. The molecule has 0 radical (unpaired) electrons. The topological polar surface area (TPSA) is 95.6 Å². The first-order valence-electron chi connectivity index (χ1n) is 9.78. The van der Waals surface area contributed by atoms with E-state index in [4.69, 9.17) is 0 Å². The lowest BCUT2D eigenvalue weighted by Crippen LogP contribution is -2.31. The Balaban J connectivity index is 1.78. The van der Waals surface area contributed by atoms with Crippen molar-refractivity contribution in [1.82, 2.24) is 10.2 Å². The average Bonchev–Trinajstić information content (AvgIpc) is 2.66. The Kier molecular flexibility index (Phi) is 9.01. The second-order valence-electron chi connectivity index (χ2n) is 7.44. The van der Waals surface area contributed by atoms with Crippen LogP contribution in [0.1, 0.15) is 17.5 Å². The largest absolute Gasteiger partial charge is 0.351 e. The molecule has 162 valence electrons. The van der Waals surface area contributed by atoms with E-state index in [1.165, 1.54) is 0 Å². The van der Waals surface area contributed by atoms with Crippen molar-refractivity contribution in [1.29, 1.82) is 0 Å². The minimum absolute atomic E-state index is 0.0251. The maximum Gasteiger partial charge on any atom is 0.238 e. The van der Waals surface area contributed by atoms with Crippen molar-refractivity contribution in [2.45, 2.75) is 19.4 Å². The number of carbonyl (C=O) groups excluding carboxylic acids is 2. The van der Waals surface area contributed by atoms with Gasteiger partial charge in [0.05, 0.1) is 12.3 Å². The second kappa shape index (κ2) is 11.5. The summed E-state index contributed by atoms with van der Waals surface area (Å²) >= 11 is 0. The molecule has 0 bridgehead atoms. The molecule has 2 amide bonds. The van der Waals surface area contributed by atoms with Gasteiger partial charge in [-0.3, -0.25) is 9.59 Å². The van der Waals surface area contributed by atoms with Gasteiger partial charge in [0.2, 0.25) is 11.8 Å². The molecule has 0 fully saturated rings. The fourth-order valence-electron chi connectivity index (χ4n) is 2.91. The highest BCUT2D eigenvalue weighted by molar-refractivity contribution is 7.92. The molecule has 2 aromatic carbocycles. The number of sulfone groups is 1. The highest BCUT2D eigenvalue weighted by Crippen LogP contribution is 2.11. The fraction of sp³-hybridized carbons (Fsp3) is 0.364. The van der Waals surface area contributed by atoms with E-state index in [1.54, 1.807) is 43.3 Å². The number of amides is 2. The molecule has 0 aliphatic rings. The minimum atomic E-state index is -3.46. The van der Waals surface area contributed by atoms with E-state index in [-0.39, 0.29) is 24.7 Å². The number of likely N-dealkylation sites (N-methyl/N-ethyl adjacent to an activating group) is 1. The summed E-state index contributed by atoms with van der Waals surface area (Å²) in [5, 5.41) is 5.42. The van der Waals surface area contributed by atoms with Crippen molar-refractivity contribution in [3.8, 4) is 0 Å². The van der Waals surface area contributed by atoms with Crippen molar-refractivity contribution in [3.05, 3.63) is 65.7 Å². The maximum absolute atomic E-state index is 12.2. The van der Waals surface area contributed by atoms with Gasteiger partial charge >= 0.3 is 0 Å². The Bertz CT molecular complexity index is 944. The van der Waals surface area contributed by atoms with Crippen molar-refractivity contribution < 1.29 is 18.0 Å². The first kappa shape index (κ1) is 23.6. The van der Waals surface area contributed by atoms with Gasteiger partial charge in [-0.1, -0.05) is 42.5 Å². The second-order valence-corrected chi connectivity index (χ2v) is 9.63. The van der Waals surface area contributed by atoms with Gasteiger partial charge in [-0.25, -0.2) is 8.42 Å². The van der Waals surface area contributed by atoms with Gasteiger partial charge in [0, 0.05) is 12.2 Å². The monoisotopic (exact) mass is 431 g/mol. The van der Waals surface area contributed by atoms with Crippen LogP contribution in [0.15, 0.2) is 54.6 Å². The van der Waals surface area contributed by atoms with Gasteiger partial charge in [-0.05, 0) is 50.2 Å². The van der Waals surface area contributed by atoms with Crippen LogP contribution < -0.4 is 10.6 Å². The van der Waals surface area contributed by atoms with E-state index in [0.29, 0.717) is 18.5 Å². The molecule has 0 aromatic heterocycles. The molecule has 0 spiro atoms. The highest BCUT2D eigenvalue weighted by Gasteiger charge is 2.16. The third kappa shape index (κ3) is 9.19. The van der Waals surface area contributed by atoms with E-state index in [0.717, 1.165) is 11.1 Å². The molecule has 0 saturated heterocycles. The summed E-state index contributed by atoms with van der Waals surface area (Å²) in [5.74, 6) is -1.22. The van der Waals surface area contributed by atoms with E-state index in [2.05, 4.69) is 10.6 Å². The van der Waals surface area contributed by atoms with Crippen LogP contribution in [0.5, 0.6) is 0 Å². The first-order valence-corrected chi connectivity index (χ1v) is 11.6. The number of nitrogens with zero attached hydrogens (tertiary/aromatic N) is 1. The van der Waals surface area contributed by atoms with Crippen LogP contribution >= 0.6 is 0 Å². The Labute approximate surface area is 178 Å². The zero-order valence-electron chi connectivity index (χ0n) is 17.4. The standard InChI is InChI=1S/C22H29N3O4S/c1-25(2)16-21(26)24-20-12-6-10-19(14-20)15-23-22(27)17-30(28,29)13-7-11-18-8-4-3-5-9-18/h3-6,8-10,12,14H,7,11,13,15-17H2,1-2H3,(H,23,27)(H,24,26). The summed E-state index contributed by atoms with van der Waals surface area (Å²) in [6, 6.07) is 16.7. The zero-order chi connectivity index (χ0) is 22.0. The Morgan fingerprint density at radius 1 is 0.933 bits per heavy atom. The van der Waals surface area contributed by atoms with Crippen LogP contribution in [0.3, 0.4) is 0 Å². The molecule has 0 aliphatic heterocycles. The average molecular weight is 432 g/mol. The van der Waals surface area contributed by atoms with E-state index in [9.17, 15) is 18.0 Å². The van der Waals surface area contributed by atoms with Crippen LogP contribution in [0, 0.1) is 0 Å². The SMILES string of the molecule is CN(C)CC(=O)Nc1cccc(CNC(=O)CS(=O)(=O)CCCc2ccccc2)c1. The summed E-state index contributed by atoms with van der Waals surface area (Å²) in [6.07, 6.45) is 1.14. The zero-order valence-corrected chi connectivity index (χ0v) is 18.2. The number of rotatable bonds is 11. The lowest BCUT2D eigenvalue weighted by atomic mass is 10.1. The Morgan fingerprint density at radius 3 is 2.33 bits per heavy atom. The smallest absolute Gasteiger partial charge is 0.238 e. The third-order valence-electron chi connectivity index (χ3n) is 4.27. The van der Waals surface area contributed by atoms with Gasteiger partial charge in [0.1, 0.15) is 5.75 Å². The van der Waals surface area contributed by atoms with Gasteiger partial charge < -0.3 is 15.5 Å². The van der Waals surface area contributed by atoms with Crippen molar-refractivity contribution >= 4 is 27.3 Å². The van der Waals surface area contributed by atoms with Gasteiger partial charge in [-0.2, -0.15) is 0 Å². The lowest BCUT2D eigenvalue weighted by Gasteiger charge is -2.11. The van der Waals surface area contributed by atoms with Crippen LogP contribution in [0.4, 0.5) is 5.69 Å². The van der Waals surface area contributed by atoms with E-state index in [1.807, 2.05) is 30.3 Å². The molecular formula is C22H29N3O4S. The molecule has 30 heavy (non-hydrogen) atoms. The highest BCUT2D eigenvalue weighted by atomic mass is 32.2. The van der Waals surface area contributed by atoms with Crippen LogP contribution in [-0.2, 0) is 32.4 Å². The summed E-state index contributed by atoms with van der Waals surface area (Å²) < 4.78 is 24.4. The van der Waals surface area contributed by atoms with Gasteiger partial charge in [0.25, 0.3) is 0 Å². The molecule has 2 rings (SSSR count). The van der Waals surface area contributed by atoms with Gasteiger partial charge in [0.15, 0.2) is 9.84 Å². The molecule has 0 saturated carbocycles. The molecular weight excluding hydrogens is 402 g/mol. The number of hydrogen-bond donors (Lipinski definition) is 2. The number of benzene rings is 2. The normalized spacial score (nSPS) is 11.3. The molecule has 0 atom stereocenters. The maximum atomic E-state index is 12.2. The third-order valence-corrected chi connectivity index (χ3v) is 5.89. The van der Waals surface area contributed by atoms with E-state index < -0.39 is 21.5 Å². The van der Waals surface area contributed by atoms with E-state index >= 15 is 0 Å². The Hall–Kier alpha value is -2.71. The number of hydrogen-bond acceptors (Lipinski definition) is 5. The van der Waals surface area contributed by atoms with Crippen LogP contribution in [0.25, 0.3) is 0 Å². The predicted molar refractivity (Wildman–Crippen MR) is 119 cm³/mol. The molecule has 0 heterocycles. The summed E-state index contributed by atoms with van der Waals surface area (Å²) in [5.41, 5.74) is 2.48. The van der Waals surface area contributed by atoms with Crippen molar-refractivity contribution in [3.63, 3.8) is 0 Å². The predicted octanol–water partition coefficient (Wildman–Crippen LogP) is 1.85. The van der Waals surface area contributed by atoms with Crippen molar-refractivity contribution in [2.75, 3.05) is 37.5 Å². The van der Waals surface area contributed by atoms with Crippen LogP contribution in [-0.4, -0.2) is 57.3 Å². The molecule has 2 N–H and O–H groups in total. The molecule has 7 nitrogen and oxygen atoms in total. The number of anilines is 1. The quantitative estimate of drug-likeness (QED) is 0.566. The first-order chi connectivity index (χ1) is 14.2. The number of carbonyl (C=O) groups is 2. The summed E-state index contributed by atoms with van der Waals surface area (Å²) in [7, 11) is 0.149. The molecule has 0 aliphatic carbocycles. The molecule has 8 heteroatoms. The summed E-state index contributed by atoms with van der Waals surface area (Å²) in [4.78, 5) is 25.7. The lowest BCUT2D eigenvalue weighted by molar-refractivity contribution is -0.119. The minimum Gasteiger partial charge on any atom is -0.351 e.